The third kappa shape index (κ3) is 3.79. The summed E-state index contributed by atoms with van der Waals surface area (Å²) < 4.78 is 6.70. The van der Waals surface area contributed by atoms with E-state index in [1.54, 1.807) is 18.0 Å². The average molecular weight is 353 g/mol. The molecule has 0 aliphatic carbocycles. The topological polar surface area (TPSA) is 58.7 Å². The van der Waals surface area contributed by atoms with Gasteiger partial charge in [-0.1, -0.05) is 24.3 Å². The van der Waals surface area contributed by atoms with Gasteiger partial charge in [-0.2, -0.15) is 0 Å². The van der Waals surface area contributed by atoms with E-state index < -0.39 is 5.76 Å². The summed E-state index contributed by atoms with van der Waals surface area (Å²) in [6.07, 6.45) is 0.246. The van der Waals surface area contributed by atoms with Crippen LogP contribution in [0.25, 0.3) is 11.1 Å². The quantitative estimate of drug-likeness (QED) is 0.684. The fourth-order valence-corrected chi connectivity index (χ4v) is 2.89. The Bertz CT molecular complexity index is 954. The number of nitrogens with zero attached hydrogens (tertiary/aromatic N) is 3. The van der Waals surface area contributed by atoms with Crippen molar-refractivity contribution >= 4 is 22.7 Å². The molecular weight excluding hydrogens is 330 g/mol. The van der Waals surface area contributed by atoms with Crippen molar-refractivity contribution in [3.63, 3.8) is 0 Å². The predicted octanol–water partition coefficient (Wildman–Crippen LogP) is 2.71. The zero-order chi connectivity index (χ0) is 18.7. The molecule has 0 unspecified atom stereocenters. The molecule has 0 spiro atoms. The van der Waals surface area contributed by atoms with Crippen molar-refractivity contribution in [1.29, 1.82) is 0 Å². The second-order valence-electron chi connectivity index (χ2n) is 6.55. The first-order valence-electron chi connectivity index (χ1n) is 8.54. The monoisotopic (exact) mass is 353 g/mol. The Labute approximate surface area is 152 Å². The zero-order valence-electron chi connectivity index (χ0n) is 15.3. The smallest absolute Gasteiger partial charge is 0.408 e. The van der Waals surface area contributed by atoms with Crippen LogP contribution in [0.1, 0.15) is 12.0 Å². The van der Waals surface area contributed by atoms with Gasteiger partial charge in [0, 0.05) is 46.3 Å². The van der Waals surface area contributed by atoms with Gasteiger partial charge in [0.25, 0.3) is 0 Å². The highest BCUT2D eigenvalue weighted by Crippen LogP contribution is 2.15. The van der Waals surface area contributed by atoms with E-state index >= 15 is 0 Å². The Morgan fingerprint density at radius 2 is 1.73 bits per heavy atom. The van der Waals surface area contributed by atoms with Crippen molar-refractivity contribution in [2.75, 3.05) is 26.0 Å². The number of rotatable bonds is 6. The van der Waals surface area contributed by atoms with Crippen molar-refractivity contribution in [3.05, 3.63) is 64.6 Å². The number of carbonyl (C=O) groups excluding carboxylic acids is 1. The van der Waals surface area contributed by atoms with Crippen molar-refractivity contribution in [3.8, 4) is 0 Å². The molecule has 3 aromatic rings. The molecule has 0 atom stereocenters. The number of aryl methyl sites for hydroxylation is 1. The first-order chi connectivity index (χ1) is 12.5. The summed E-state index contributed by atoms with van der Waals surface area (Å²) in [4.78, 5) is 28.1. The Morgan fingerprint density at radius 1 is 1.04 bits per heavy atom. The summed E-state index contributed by atoms with van der Waals surface area (Å²) in [5, 5.41) is 0. The van der Waals surface area contributed by atoms with E-state index in [1.807, 2.05) is 61.5 Å². The fourth-order valence-electron chi connectivity index (χ4n) is 2.89. The maximum Gasteiger partial charge on any atom is 0.419 e. The number of para-hydroxylation sites is 2. The van der Waals surface area contributed by atoms with E-state index in [2.05, 4.69) is 0 Å². The van der Waals surface area contributed by atoms with E-state index in [0.717, 1.165) is 11.3 Å². The number of aromatic nitrogens is 1. The summed E-state index contributed by atoms with van der Waals surface area (Å²) in [7, 11) is 5.76. The molecular formula is C20H23N3O3. The first-order valence-corrected chi connectivity index (χ1v) is 8.54. The fraction of sp³-hybridized carbons (Fsp3) is 0.300. The number of amides is 1. The molecule has 0 N–H and O–H groups in total. The molecule has 0 radical (unpaired) electrons. The minimum absolute atomic E-state index is 0.0149. The minimum Gasteiger partial charge on any atom is -0.408 e. The third-order valence-corrected chi connectivity index (χ3v) is 4.42. The van der Waals surface area contributed by atoms with E-state index in [4.69, 9.17) is 4.42 Å². The second kappa shape index (κ2) is 7.47. The van der Waals surface area contributed by atoms with Gasteiger partial charge < -0.3 is 14.2 Å². The van der Waals surface area contributed by atoms with E-state index in [1.165, 1.54) is 4.57 Å². The highest BCUT2D eigenvalue weighted by molar-refractivity contribution is 5.76. The van der Waals surface area contributed by atoms with E-state index in [9.17, 15) is 9.59 Å². The molecule has 1 aromatic heterocycles. The summed E-state index contributed by atoms with van der Waals surface area (Å²) >= 11 is 0. The van der Waals surface area contributed by atoms with E-state index in [0.29, 0.717) is 24.2 Å². The molecule has 3 rings (SSSR count). The van der Waals surface area contributed by atoms with Crippen molar-refractivity contribution in [2.45, 2.75) is 19.5 Å². The number of fused-ring (bicyclic) bond motifs is 1. The van der Waals surface area contributed by atoms with Gasteiger partial charge in [0.2, 0.25) is 5.91 Å². The lowest BCUT2D eigenvalue weighted by Gasteiger charge is -2.18. The van der Waals surface area contributed by atoms with Crippen molar-refractivity contribution < 1.29 is 9.21 Å². The van der Waals surface area contributed by atoms with Crippen molar-refractivity contribution in [2.24, 2.45) is 0 Å². The van der Waals surface area contributed by atoms with Crippen molar-refractivity contribution in [1.82, 2.24) is 9.47 Å². The minimum atomic E-state index is -0.430. The summed E-state index contributed by atoms with van der Waals surface area (Å²) in [6, 6.07) is 15.3. The SMILES string of the molecule is CN(Cc1ccc(N(C)C)cc1)C(=O)CCn1c(=O)oc2ccccc21. The number of hydrogen-bond acceptors (Lipinski definition) is 4. The van der Waals surface area contributed by atoms with Crippen LogP contribution >= 0.6 is 0 Å². The predicted molar refractivity (Wildman–Crippen MR) is 102 cm³/mol. The molecule has 0 fully saturated rings. The maximum atomic E-state index is 12.4. The molecule has 0 aliphatic heterocycles. The molecule has 1 amide bonds. The number of anilines is 1. The number of oxazole rings is 1. The van der Waals surface area contributed by atoms with Crippen LogP contribution in [0.3, 0.4) is 0 Å². The lowest BCUT2D eigenvalue weighted by Crippen LogP contribution is -2.28. The summed E-state index contributed by atoms with van der Waals surface area (Å²) in [5.41, 5.74) is 3.44. The Morgan fingerprint density at radius 3 is 2.42 bits per heavy atom. The Hall–Kier alpha value is -3.02. The van der Waals surface area contributed by atoms with Crippen LogP contribution in [-0.2, 0) is 17.9 Å². The molecule has 6 nitrogen and oxygen atoms in total. The average Bonchev–Trinajstić information content (AvgIpc) is 2.95. The summed E-state index contributed by atoms with van der Waals surface area (Å²) in [5.74, 6) is -0.445. The van der Waals surface area contributed by atoms with Crippen LogP contribution in [0.4, 0.5) is 5.69 Å². The van der Waals surface area contributed by atoms with Gasteiger partial charge in [0.15, 0.2) is 5.58 Å². The molecule has 0 saturated heterocycles. The van der Waals surface area contributed by atoms with Crippen LogP contribution in [0.15, 0.2) is 57.7 Å². The van der Waals surface area contributed by atoms with Gasteiger partial charge in [-0.05, 0) is 29.8 Å². The zero-order valence-corrected chi connectivity index (χ0v) is 15.3. The van der Waals surface area contributed by atoms with Gasteiger partial charge >= 0.3 is 5.76 Å². The van der Waals surface area contributed by atoms with Gasteiger partial charge in [-0.15, -0.1) is 0 Å². The Kier molecular flexibility index (Phi) is 5.11. The highest BCUT2D eigenvalue weighted by Gasteiger charge is 2.13. The lowest BCUT2D eigenvalue weighted by atomic mass is 10.2. The van der Waals surface area contributed by atoms with Crippen LogP contribution in [0, 0.1) is 0 Å². The van der Waals surface area contributed by atoms with Gasteiger partial charge in [-0.3, -0.25) is 9.36 Å². The molecule has 2 aromatic carbocycles. The molecule has 136 valence electrons. The van der Waals surface area contributed by atoms with Gasteiger partial charge in [-0.25, -0.2) is 4.79 Å². The standard InChI is InChI=1S/C20H23N3O3/c1-21(2)16-10-8-15(9-11-16)14-22(3)19(24)12-13-23-17-6-4-5-7-18(17)26-20(23)25/h4-11H,12-14H2,1-3H3. The van der Waals surface area contributed by atoms with Crippen LogP contribution in [-0.4, -0.2) is 36.5 Å². The number of hydrogen-bond donors (Lipinski definition) is 0. The van der Waals surface area contributed by atoms with Crippen LogP contribution in [0.5, 0.6) is 0 Å². The molecule has 0 saturated carbocycles. The molecule has 0 aliphatic rings. The maximum absolute atomic E-state index is 12.4. The Balaban J connectivity index is 1.62. The number of carbonyl (C=O) groups is 1. The largest absolute Gasteiger partial charge is 0.419 e. The van der Waals surface area contributed by atoms with Crippen LogP contribution < -0.4 is 10.7 Å². The normalized spacial score (nSPS) is 10.9. The second-order valence-corrected chi connectivity index (χ2v) is 6.55. The van der Waals surface area contributed by atoms with Gasteiger partial charge in [0.1, 0.15) is 0 Å². The third-order valence-electron chi connectivity index (χ3n) is 4.42. The molecule has 6 heteroatoms. The van der Waals surface area contributed by atoms with E-state index in [-0.39, 0.29) is 12.3 Å². The molecule has 26 heavy (non-hydrogen) atoms. The summed E-state index contributed by atoms with van der Waals surface area (Å²) in [6.45, 7) is 0.839. The van der Waals surface area contributed by atoms with Crippen LogP contribution in [0.2, 0.25) is 0 Å². The van der Waals surface area contributed by atoms with Gasteiger partial charge in [0.05, 0.1) is 5.52 Å². The molecule has 0 bridgehead atoms. The lowest BCUT2D eigenvalue weighted by molar-refractivity contribution is -0.130. The number of benzene rings is 2. The highest BCUT2D eigenvalue weighted by atomic mass is 16.4. The molecule has 1 heterocycles. The first kappa shape index (κ1) is 17.8.